The average Bonchev–Trinajstić information content (AvgIpc) is 2.93. The van der Waals surface area contributed by atoms with Crippen molar-refractivity contribution < 1.29 is 18.2 Å². The van der Waals surface area contributed by atoms with Crippen LogP contribution >= 0.6 is 0 Å². The van der Waals surface area contributed by atoms with Crippen LogP contribution in [0.25, 0.3) is 23.1 Å². The van der Waals surface area contributed by atoms with Crippen molar-refractivity contribution in [3.05, 3.63) is 126 Å². The highest BCUT2D eigenvalue weighted by Crippen LogP contribution is 2.31. The summed E-state index contributed by atoms with van der Waals surface area (Å²) in [5.41, 5.74) is 3.42. The maximum atomic E-state index is 15.2. The van der Waals surface area contributed by atoms with Crippen molar-refractivity contribution >= 4 is 40.9 Å². The molecular weight excluding hydrogens is 455 g/mol. The summed E-state index contributed by atoms with van der Waals surface area (Å²) in [7, 11) is 1.62. The molecule has 0 atom stereocenters. The normalized spacial score (nSPS) is 11.1. The molecule has 3 nitrogen and oxygen atoms in total. The molecule has 0 N–H and O–H groups in total. The van der Waals surface area contributed by atoms with E-state index in [2.05, 4.69) is 4.98 Å². The van der Waals surface area contributed by atoms with Gasteiger partial charge in [-0.3, -0.25) is 0 Å². The van der Waals surface area contributed by atoms with Gasteiger partial charge in [0.05, 0.1) is 12.8 Å². The van der Waals surface area contributed by atoms with Gasteiger partial charge < -0.3 is 9.39 Å². The summed E-state index contributed by atoms with van der Waals surface area (Å²) in [6.45, 7) is -0.646. The van der Waals surface area contributed by atoms with E-state index in [1.165, 1.54) is 0 Å². The van der Waals surface area contributed by atoms with Crippen LogP contribution in [0.15, 0.2) is 103 Å². The highest BCUT2D eigenvalue weighted by atomic mass is 19.2. The lowest BCUT2D eigenvalue weighted by Crippen LogP contribution is -2.47. The van der Waals surface area contributed by atoms with Crippen molar-refractivity contribution in [3.63, 3.8) is 0 Å². The minimum Gasteiger partial charge on any atom is -0.548 e. The van der Waals surface area contributed by atoms with E-state index in [-0.39, 0.29) is 11.3 Å². The van der Waals surface area contributed by atoms with Crippen molar-refractivity contribution in [1.82, 2.24) is 4.98 Å². The first-order valence-electron chi connectivity index (χ1n) is 11.5. The summed E-state index contributed by atoms with van der Waals surface area (Å²) in [6.07, 6.45) is 3.71. The standard InChI is InChI=1S/C30H22BF2NO2/c1-35-26-18-13-21(14-19-26)12-16-25-17-15-22-20-27(32)28(33)30(29(22)34-25)36-31(23-8-4-2-5-9-23)24-10-6-3-7-11-24/h2-20H,1H3/b16-12+. The molecule has 4 aromatic carbocycles. The van der Waals surface area contributed by atoms with E-state index in [9.17, 15) is 4.39 Å². The molecule has 176 valence electrons. The highest BCUT2D eigenvalue weighted by molar-refractivity contribution is 6.80. The van der Waals surface area contributed by atoms with Crippen molar-refractivity contribution in [3.8, 4) is 11.5 Å². The number of hydrogen-bond donors (Lipinski definition) is 0. The highest BCUT2D eigenvalue weighted by Gasteiger charge is 2.27. The summed E-state index contributed by atoms with van der Waals surface area (Å²) in [4.78, 5) is 4.62. The summed E-state index contributed by atoms with van der Waals surface area (Å²) in [5, 5.41) is 0.449. The van der Waals surface area contributed by atoms with E-state index in [1.807, 2.05) is 97.1 Å². The van der Waals surface area contributed by atoms with Gasteiger partial charge in [0, 0.05) is 5.39 Å². The van der Waals surface area contributed by atoms with Gasteiger partial charge in [0.25, 0.3) is 0 Å². The number of hydrogen-bond acceptors (Lipinski definition) is 3. The molecular formula is C30H22BF2NO2. The van der Waals surface area contributed by atoms with E-state index in [1.54, 1.807) is 19.2 Å². The molecule has 5 aromatic rings. The third-order valence-corrected chi connectivity index (χ3v) is 5.86. The number of methoxy groups -OCH3 is 1. The number of halogens is 2. The molecule has 0 aliphatic heterocycles. The third-order valence-electron chi connectivity index (χ3n) is 5.86. The molecule has 6 heteroatoms. The minimum absolute atomic E-state index is 0.220. The Balaban J connectivity index is 1.57. The summed E-state index contributed by atoms with van der Waals surface area (Å²) in [5.74, 6) is -1.51. The van der Waals surface area contributed by atoms with Gasteiger partial charge in [-0.25, -0.2) is 9.37 Å². The Kier molecular flexibility index (Phi) is 6.76. The van der Waals surface area contributed by atoms with Gasteiger partial charge in [0.1, 0.15) is 11.3 Å². The lowest BCUT2D eigenvalue weighted by atomic mass is 9.55. The van der Waals surface area contributed by atoms with Crippen LogP contribution in [0, 0.1) is 11.6 Å². The average molecular weight is 477 g/mol. The van der Waals surface area contributed by atoms with Crippen molar-refractivity contribution in [1.29, 1.82) is 0 Å². The van der Waals surface area contributed by atoms with Crippen molar-refractivity contribution in [2.24, 2.45) is 0 Å². The third kappa shape index (κ3) is 4.98. The molecule has 0 aliphatic carbocycles. The second kappa shape index (κ2) is 10.4. The second-order valence-electron chi connectivity index (χ2n) is 8.24. The molecule has 0 saturated heterocycles. The number of rotatable bonds is 7. The fourth-order valence-electron chi connectivity index (χ4n) is 3.99. The van der Waals surface area contributed by atoms with Crippen LogP contribution in [-0.4, -0.2) is 19.0 Å². The molecule has 0 aliphatic rings. The lowest BCUT2D eigenvalue weighted by molar-refractivity contribution is 0.415. The number of nitrogens with zero attached hydrogens (tertiary/aromatic N) is 1. The molecule has 0 spiro atoms. The van der Waals surface area contributed by atoms with Gasteiger partial charge in [-0.2, -0.15) is 4.39 Å². The van der Waals surface area contributed by atoms with Crippen LogP contribution in [0.4, 0.5) is 8.78 Å². The Hall–Kier alpha value is -4.45. The number of aromatic nitrogens is 1. The number of benzene rings is 4. The molecule has 0 amide bonds. The van der Waals surface area contributed by atoms with Crippen molar-refractivity contribution in [2.45, 2.75) is 0 Å². The molecule has 5 rings (SSSR count). The molecule has 1 heterocycles. The monoisotopic (exact) mass is 477 g/mol. The summed E-state index contributed by atoms with van der Waals surface area (Å²) < 4.78 is 41.2. The first-order valence-corrected chi connectivity index (χ1v) is 11.5. The van der Waals surface area contributed by atoms with E-state index in [4.69, 9.17) is 9.39 Å². The zero-order chi connectivity index (χ0) is 24.9. The van der Waals surface area contributed by atoms with Crippen LogP contribution in [0.3, 0.4) is 0 Å². The topological polar surface area (TPSA) is 31.4 Å². The van der Waals surface area contributed by atoms with Gasteiger partial charge in [-0.1, -0.05) is 84.9 Å². The SMILES string of the molecule is COc1ccc(/C=C/c2ccc3cc(F)c(F)c(OB(c4ccccc4)c4ccccc4)c3n2)cc1. The molecule has 0 bridgehead atoms. The van der Waals surface area contributed by atoms with Gasteiger partial charge in [0.15, 0.2) is 11.6 Å². The van der Waals surface area contributed by atoms with E-state index >= 15 is 4.39 Å². The second-order valence-corrected chi connectivity index (χ2v) is 8.24. The maximum absolute atomic E-state index is 15.2. The van der Waals surface area contributed by atoms with E-state index in [0.29, 0.717) is 11.1 Å². The first-order chi connectivity index (χ1) is 17.6. The number of pyridine rings is 1. The van der Waals surface area contributed by atoms with Crippen LogP contribution in [0.2, 0.25) is 0 Å². The predicted molar refractivity (Wildman–Crippen MR) is 142 cm³/mol. The first kappa shape index (κ1) is 23.3. The van der Waals surface area contributed by atoms with Gasteiger partial charge in [0.2, 0.25) is 5.82 Å². The summed E-state index contributed by atoms with van der Waals surface area (Å²) >= 11 is 0. The van der Waals surface area contributed by atoms with Crippen molar-refractivity contribution in [2.75, 3.05) is 7.11 Å². The zero-order valence-electron chi connectivity index (χ0n) is 19.6. The molecule has 0 saturated carbocycles. The lowest BCUT2D eigenvalue weighted by Gasteiger charge is -2.19. The Morgan fingerprint density at radius 2 is 1.39 bits per heavy atom. The van der Waals surface area contributed by atoms with Gasteiger partial charge in [-0.15, -0.1) is 0 Å². The Labute approximate surface area is 208 Å². The van der Waals surface area contributed by atoms with Crippen LogP contribution in [-0.2, 0) is 0 Å². The molecule has 0 radical (unpaired) electrons. The maximum Gasteiger partial charge on any atom is 0.426 e. The van der Waals surface area contributed by atoms with Crippen LogP contribution in [0.1, 0.15) is 11.3 Å². The van der Waals surface area contributed by atoms with Crippen LogP contribution < -0.4 is 20.3 Å². The van der Waals surface area contributed by atoms with Crippen LogP contribution in [0.5, 0.6) is 11.5 Å². The van der Waals surface area contributed by atoms with Gasteiger partial charge >= 0.3 is 6.92 Å². The molecule has 0 fully saturated rings. The molecule has 36 heavy (non-hydrogen) atoms. The Bertz CT molecular complexity index is 1470. The number of ether oxygens (including phenoxy) is 1. The Morgan fingerprint density at radius 1 is 0.750 bits per heavy atom. The fraction of sp³-hybridized carbons (Fsp3) is 0.0333. The zero-order valence-corrected chi connectivity index (χ0v) is 19.6. The van der Waals surface area contributed by atoms with E-state index in [0.717, 1.165) is 28.3 Å². The Morgan fingerprint density at radius 3 is 2.00 bits per heavy atom. The predicted octanol–water partition coefficient (Wildman–Crippen LogP) is 5.88. The fourth-order valence-corrected chi connectivity index (χ4v) is 3.99. The van der Waals surface area contributed by atoms with Gasteiger partial charge in [-0.05, 0) is 46.8 Å². The quantitative estimate of drug-likeness (QED) is 0.275. The molecule has 1 aromatic heterocycles. The largest absolute Gasteiger partial charge is 0.548 e. The molecule has 0 unspecified atom stereocenters. The number of fused-ring (bicyclic) bond motifs is 1. The smallest absolute Gasteiger partial charge is 0.426 e. The summed E-state index contributed by atoms with van der Waals surface area (Å²) in [6, 6.07) is 31.1. The van der Waals surface area contributed by atoms with E-state index < -0.39 is 18.6 Å². The minimum atomic E-state index is -1.07.